The summed E-state index contributed by atoms with van der Waals surface area (Å²) in [6, 6.07) is 14.3. The van der Waals surface area contributed by atoms with Crippen LogP contribution in [0.5, 0.6) is 5.75 Å². The van der Waals surface area contributed by atoms with Crippen molar-refractivity contribution in [1.82, 2.24) is 0 Å². The molecule has 1 N–H and O–H groups in total. The fourth-order valence-electron chi connectivity index (χ4n) is 2.45. The summed E-state index contributed by atoms with van der Waals surface area (Å²) >= 11 is 6.06. The second kappa shape index (κ2) is 4.78. The van der Waals surface area contributed by atoms with E-state index in [-0.39, 0.29) is 12.1 Å². The van der Waals surface area contributed by atoms with Crippen LogP contribution in [0.4, 0.5) is 5.69 Å². The average molecular weight is 274 g/mol. The summed E-state index contributed by atoms with van der Waals surface area (Å²) in [5.41, 5.74) is 3.34. The summed E-state index contributed by atoms with van der Waals surface area (Å²) in [6.07, 6.45) is -0.0204. The van der Waals surface area contributed by atoms with Crippen molar-refractivity contribution in [1.29, 1.82) is 0 Å². The maximum absolute atomic E-state index is 6.14. The summed E-state index contributed by atoms with van der Waals surface area (Å²) in [5.74, 6) is 0.906. The highest BCUT2D eigenvalue weighted by molar-refractivity contribution is 6.30. The minimum atomic E-state index is -0.0204. The first-order chi connectivity index (χ1) is 9.13. The third kappa shape index (κ3) is 2.41. The molecule has 0 bridgehead atoms. The van der Waals surface area contributed by atoms with Gasteiger partial charge < -0.3 is 10.1 Å². The second-order valence-electron chi connectivity index (χ2n) is 5.03. The van der Waals surface area contributed by atoms with Crippen molar-refractivity contribution in [3.05, 3.63) is 58.6 Å². The van der Waals surface area contributed by atoms with E-state index in [9.17, 15) is 0 Å². The summed E-state index contributed by atoms with van der Waals surface area (Å²) in [4.78, 5) is 0. The molecule has 0 aliphatic carbocycles. The SMILES string of the molecule is Cc1ccc2c(c1)OC(c1cccc(Cl)c1)C(C)N2. The predicted octanol–water partition coefficient (Wildman–Crippen LogP) is 4.58. The molecular weight excluding hydrogens is 258 g/mol. The molecule has 0 fully saturated rings. The van der Waals surface area contributed by atoms with Crippen LogP contribution in [0.15, 0.2) is 42.5 Å². The fourth-order valence-corrected chi connectivity index (χ4v) is 2.65. The molecule has 98 valence electrons. The van der Waals surface area contributed by atoms with Gasteiger partial charge in [0.05, 0.1) is 11.7 Å². The maximum atomic E-state index is 6.14. The van der Waals surface area contributed by atoms with Crippen LogP contribution in [-0.2, 0) is 0 Å². The Morgan fingerprint density at radius 3 is 2.79 bits per heavy atom. The van der Waals surface area contributed by atoms with E-state index in [1.54, 1.807) is 0 Å². The highest BCUT2D eigenvalue weighted by Gasteiger charge is 2.27. The van der Waals surface area contributed by atoms with Crippen molar-refractivity contribution in [2.75, 3.05) is 5.32 Å². The number of anilines is 1. The van der Waals surface area contributed by atoms with Crippen LogP contribution in [0.2, 0.25) is 5.02 Å². The molecule has 1 aliphatic rings. The Kier molecular flexibility index (Phi) is 3.11. The molecule has 2 atom stereocenters. The minimum absolute atomic E-state index is 0.0204. The molecule has 2 aromatic rings. The van der Waals surface area contributed by atoms with Gasteiger partial charge in [0, 0.05) is 5.02 Å². The molecule has 0 saturated heterocycles. The van der Waals surface area contributed by atoms with Crippen LogP contribution in [0, 0.1) is 6.92 Å². The van der Waals surface area contributed by atoms with Crippen molar-refractivity contribution in [2.45, 2.75) is 26.0 Å². The third-order valence-electron chi connectivity index (χ3n) is 3.41. The van der Waals surface area contributed by atoms with Crippen LogP contribution in [-0.4, -0.2) is 6.04 Å². The summed E-state index contributed by atoms with van der Waals surface area (Å²) < 4.78 is 6.14. The molecule has 0 aromatic heterocycles. The smallest absolute Gasteiger partial charge is 0.144 e. The number of fused-ring (bicyclic) bond motifs is 1. The largest absolute Gasteiger partial charge is 0.481 e. The third-order valence-corrected chi connectivity index (χ3v) is 3.64. The van der Waals surface area contributed by atoms with E-state index < -0.39 is 0 Å². The van der Waals surface area contributed by atoms with Gasteiger partial charge in [0.1, 0.15) is 11.9 Å². The molecule has 2 aromatic carbocycles. The molecule has 0 radical (unpaired) electrons. The Balaban J connectivity index is 1.97. The van der Waals surface area contributed by atoms with Crippen molar-refractivity contribution >= 4 is 17.3 Å². The zero-order valence-electron chi connectivity index (χ0n) is 11.0. The van der Waals surface area contributed by atoms with E-state index in [4.69, 9.17) is 16.3 Å². The van der Waals surface area contributed by atoms with Crippen molar-refractivity contribution in [3.63, 3.8) is 0 Å². The van der Waals surface area contributed by atoms with E-state index in [1.807, 2.05) is 18.2 Å². The van der Waals surface area contributed by atoms with Gasteiger partial charge in [-0.25, -0.2) is 0 Å². The van der Waals surface area contributed by atoms with Crippen LogP contribution >= 0.6 is 11.6 Å². The molecular formula is C16H16ClNO. The average Bonchev–Trinajstić information content (AvgIpc) is 2.38. The van der Waals surface area contributed by atoms with Gasteiger partial charge in [-0.2, -0.15) is 0 Å². The quantitative estimate of drug-likeness (QED) is 0.821. The Bertz CT molecular complexity index is 611. The van der Waals surface area contributed by atoms with Gasteiger partial charge in [-0.1, -0.05) is 29.8 Å². The Morgan fingerprint density at radius 1 is 1.16 bits per heavy atom. The molecule has 3 rings (SSSR count). The zero-order valence-corrected chi connectivity index (χ0v) is 11.7. The lowest BCUT2D eigenvalue weighted by molar-refractivity contribution is 0.177. The predicted molar refractivity (Wildman–Crippen MR) is 79.1 cm³/mol. The Hall–Kier alpha value is -1.67. The standard InChI is InChI=1S/C16H16ClNO/c1-10-6-7-14-15(8-10)19-16(11(2)18-14)12-4-3-5-13(17)9-12/h3-9,11,16,18H,1-2H3. The van der Waals surface area contributed by atoms with Crippen molar-refractivity contribution in [2.24, 2.45) is 0 Å². The van der Waals surface area contributed by atoms with Gasteiger partial charge in [0.2, 0.25) is 0 Å². The van der Waals surface area contributed by atoms with Gasteiger partial charge >= 0.3 is 0 Å². The lowest BCUT2D eigenvalue weighted by Crippen LogP contribution is -2.32. The summed E-state index contributed by atoms with van der Waals surface area (Å²) in [7, 11) is 0. The van der Waals surface area contributed by atoms with Crippen LogP contribution < -0.4 is 10.1 Å². The highest BCUT2D eigenvalue weighted by Crippen LogP contribution is 2.38. The fraction of sp³-hybridized carbons (Fsp3) is 0.250. The van der Waals surface area contributed by atoms with Crippen LogP contribution in [0.3, 0.4) is 0 Å². The van der Waals surface area contributed by atoms with Gasteiger partial charge in [-0.15, -0.1) is 0 Å². The molecule has 2 unspecified atom stereocenters. The lowest BCUT2D eigenvalue weighted by atomic mass is 10.0. The van der Waals surface area contributed by atoms with Crippen LogP contribution in [0.1, 0.15) is 24.2 Å². The normalized spacial score (nSPS) is 21.2. The monoisotopic (exact) mass is 273 g/mol. The topological polar surface area (TPSA) is 21.3 Å². The van der Waals surface area contributed by atoms with Crippen molar-refractivity contribution < 1.29 is 4.74 Å². The summed E-state index contributed by atoms with van der Waals surface area (Å²) in [6.45, 7) is 4.18. The van der Waals surface area contributed by atoms with E-state index in [0.717, 1.165) is 22.0 Å². The lowest BCUT2D eigenvalue weighted by Gasteiger charge is -2.33. The molecule has 1 heterocycles. The molecule has 2 nitrogen and oxygen atoms in total. The maximum Gasteiger partial charge on any atom is 0.144 e. The van der Waals surface area contributed by atoms with E-state index in [1.165, 1.54) is 5.56 Å². The Morgan fingerprint density at radius 2 is 2.00 bits per heavy atom. The summed E-state index contributed by atoms with van der Waals surface area (Å²) in [5, 5.41) is 4.23. The molecule has 0 amide bonds. The van der Waals surface area contributed by atoms with E-state index in [0.29, 0.717) is 0 Å². The number of ether oxygens (including phenoxy) is 1. The first kappa shape index (κ1) is 12.4. The number of halogens is 1. The van der Waals surface area contributed by atoms with E-state index >= 15 is 0 Å². The molecule has 0 spiro atoms. The van der Waals surface area contributed by atoms with Gasteiger partial charge in [-0.05, 0) is 49.2 Å². The number of benzene rings is 2. The molecule has 19 heavy (non-hydrogen) atoms. The number of nitrogens with one attached hydrogen (secondary N) is 1. The van der Waals surface area contributed by atoms with Gasteiger partial charge in [-0.3, -0.25) is 0 Å². The number of aryl methyl sites for hydroxylation is 1. The minimum Gasteiger partial charge on any atom is -0.481 e. The molecule has 0 saturated carbocycles. The second-order valence-corrected chi connectivity index (χ2v) is 5.46. The number of rotatable bonds is 1. The zero-order chi connectivity index (χ0) is 13.4. The first-order valence-corrected chi connectivity index (χ1v) is 6.80. The molecule has 3 heteroatoms. The number of hydrogen-bond acceptors (Lipinski definition) is 2. The first-order valence-electron chi connectivity index (χ1n) is 6.43. The van der Waals surface area contributed by atoms with Crippen LogP contribution in [0.25, 0.3) is 0 Å². The highest BCUT2D eigenvalue weighted by atomic mass is 35.5. The van der Waals surface area contributed by atoms with Crippen molar-refractivity contribution in [3.8, 4) is 5.75 Å². The number of hydrogen-bond donors (Lipinski definition) is 1. The van der Waals surface area contributed by atoms with Gasteiger partial charge in [0.25, 0.3) is 0 Å². The van der Waals surface area contributed by atoms with Gasteiger partial charge in [0.15, 0.2) is 0 Å². The van der Waals surface area contributed by atoms with E-state index in [2.05, 4.69) is 43.4 Å². The Labute approximate surface area is 118 Å². The molecule has 1 aliphatic heterocycles.